The first-order chi connectivity index (χ1) is 8.66. The van der Waals surface area contributed by atoms with Crippen LogP contribution in [-0.4, -0.2) is 27.2 Å². The van der Waals surface area contributed by atoms with Crippen LogP contribution in [-0.2, 0) is 13.5 Å². The molecular formula is C12H13FN4O. The minimum atomic E-state index is -0.658. The number of hydrogen-bond acceptors (Lipinski definition) is 3. The Kier molecular flexibility index (Phi) is 3.66. The number of pyridine rings is 1. The van der Waals surface area contributed by atoms with Crippen molar-refractivity contribution in [3.63, 3.8) is 0 Å². The van der Waals surface area contributed by atoms with Crippen molar-refractivity contribution in [2.24, 2.45) is 7.05 Å². The van der Waals surface area contributed by atoms with Gasteiger partial charge in [-0.15, -0.1) is 0 Å². The number of hydrogen-bond donors (Lipinski definition) is 1. The molecule has 6 heteroatoms. The zero-order chi connectivity index (χ0) is 13.0. The van der Waals surface area contributed by atoms with E-state index in [1.165, 1.54) is 18.2 Å². The predicted molar refractivity (Wildman–Crippen MR) is 63.4 cm³/mol. The first kappa shape index (κ1) is 12.2. The van der Waals surface area contributed by atoms with Gasteiger partial charge in [0.2, 0.25) is 5.95 Å². The van der Waals surface area contributed by atoms with Gasteiger partial charge < -0.3 is 5.32 Å². The van der Waals surface area contributed by atoms with Gasteiger partial charge in [0.15, 0.2) is 0 Å². The third-order valence-corrected chi connectivity index (χ3v) is 2.54. The molecule has 2 heterocycles. The van der Waals surface area contributed by atoms with E-state index in [1.807, 2.05) is 13.1 Å². The number of aromatic nitrogens is 3. The minimum absolute atomic E-state index is 0.0833. The summed E-state index contributed by atoms with van der Waals surface area (Å²) in [7, 11) is 1.84. The molecule has 0 aliphatic heterocycles. The average molecular weight is 248 g/mol. The van der Waals surface area contributed by atoms with Gasteiger partial charge in [0.25, 0.3) is 5.91 Å². The minimum Gasteiger partial charge on any atom is -0.350 e. The first-order valence-electron chi connectivity index (χ1n) is 5.54. The molecule has 2 aromatic heterocycles. The second-order valence-corrected chi connectivity index (χ2v) is 3.80. The third-order valence-electron chi connectivity index (χ3n) is 2.54. The van der Waals surface area contributed by atoms with Gasteiger partial charge >= 0.3 is 0 Å². The van der Waals surface area contributed by atoms with Crippen LogP contribution in [0.15, 0.2) is 30.5 Å². The summed E-state index contributed by atoms with van der Waals surface area (Å²) in [6.45, 7) is 0.455. The number of carbonyl (C=O) groups excluding carboxylic acids is 1. The van der Waals surface area contributed by atoms with Gasteiger partial charge in [-0.3, -0.25) is 9.48 Å². The van der Waals surface area contributed by atoms with E-state index in [-0.39, 0.29) is 11.6 Å². The van der Waals surface area contributed by atoms with Crippen LogP contribution in [0.25, 0.3) is 0 Å². The molecular weight excluding hydrogens is 235 g/mol. The van der Waals surface area contributed by atoms with E-state index in [1.54, 1.807) is 10.9 Å². The first-order valence-corrected chi connectivity index (χ1v) is 5.54. The van der Waals surface area contributed by atoms with Crippen LogP contribution in [0.4, 0.5) is 4.39 Å². The second-order valence-electron chi connectivity index (χ2n) is 3.80. The van der Waals surface area contributed by atoms with E-state index in [2.05, 4.69) is 15.4 Å². The predicted octanol–water partition coefficient (Wildman–Crippen LogP) is 0.927. The standard InChI is InChI=1S/C12H13FN4O/c1-17-9(6-8-15-17)5-7-14-12(18)10-3-2-4-11(13)16-10/h2-4,6,8H,5,7H2,1H3,(H,14,18). The number of carbonyl (C=O) groups is 1. The molecule has 0 aliphatic carbocycles. The summed E-state index contributed by atoms with van der Waals surface area (Å²) in [5.74, 6) is -1.04. The summed E-state index contributed by atoms with van der Waals surface area (Å²) in [6.07, 6.45) is 2.36. The Morgan fingerprint density at radius 1 is 1.44 bits per heavy atom. The monoisotopic (exact) mass is 248 g/mol. The summed E-state index contributed by atoms with van der Waals surface area (Å²) in [5.41, 5.74) is 1.10. The Morgan fingerprint density at radius 2 is 2.28 bits per heavy atom. The lowest BCUT2D eigenvalue weighted by Gasteiger charge is -2.05. The van der Waals surface area contributed by atoms with Crippen molar-refractivity contribution in [3.8, 4) is 0 Å². The summed E-state index contributed by atoms with van der Waals surface area (Å²) >= 11 is 0. The van der Waals surface area contributed by atoms with Crippen molar-refractivity contribution >= 4 is 5.91 Å². The topological polar surface area (TPSA) is 59.8 Å². The molecule has 2 rings (SSSR count). The van der Waals surface area contributed by atoms with E-state index >= 15 is 0 Å². The fourth-order valence-electron chi connectivity index (χ4n) is 1.58. The summed E-state index contributed by atoms with van der Waals surface area (Å²) in [4.78, 5) is 15.2. The maximum Gasteiger partial charge on any atom is 0.270 e. The maximum atomic E-state index is 12.8. The fraction of sp³-hybridized carbons (Fsp3) is 0.250. The van der Waals surface area contributed by atoms with Crippen molar-refractivity contribution in [2.75, 3.05) is 6.54 Å². The van der Waals surface area contributed by atoms with Crippen molar-refractivity contribution in [1.29, 1.82) is 0 Å². The van der Waals surface area contributed by atoms with Crippen molar-refractivity contribution in [3.05, 3.63) is 47.8 Å². The SMILES string of the molecule is Cn1nccc1CCNC(=O)c1cccc(F)n1. The highest BCUT2D eigenvalue weighted by atomic mass is 19.1. The van der Waals surface area contributed by atoms with E-state index in [4.69, 9.17) is 0 Å². The number of aryl methyl sites for hydroxylation is 1. The van der Waals surface area contributed by atoms with Gasteiger partial charge in [-0.1, -0.05) is 6.07 Å². The Balaban J connectivity index is 1.87. The van der Waals surface area contributed by atoms with Crippen LogP contribution in [0.3, 0.4) is 0 Å². The van der Waals surface area contributed by atoms with Crippen LogP contribution in [0.1, 0.15) is 16.2 Å². The third kappa shape index (κ3) is 2.91. The molecule has 0 spiro atoms. The molecule has 0 fully saturated rings. The van der Waals surface area contributed by atoms with Gasteiger partial charge in [-0.25, -0.2) is 4.98 Å². The van der Waals surface area contributed by atoms with Crippen LogP contribution < -0.4 is 5.32 Å². The number of nitrogens with one attached hydrogen (secondary N) is 1. The number of nitrogens with zero attached hydrogens (tertiary/aromatic N) is 3. The quantitative estimate of drug-likeness (QED) is 0.819. The van der Waals surface area contributed by atoms with Gasteiger partial charge in [0.05, 0.1) is 0 Å². The molecule has 0 unspecified atom stereocenters. The highest BCUT2D eigenvalue weighted by Gasteiger charge is 2.07. The molecule has 0 saturated carbocycles. The number of halogens is 1. The molecule has 0 saturated heterocycles. The zero-order valence-electron chi connectivity index (χ0n) is 9.93. The lowest BCUT2D eigenvalue weighted by molar-refractivity contribution is 0.0948. The zero-order valence-corrected chi connectivity index (χ0v) is 9.93. The van der Waals surface area contributed by atoms with Crippen LogP contribution >= 0.6 is 0 Å². The second kappa shape index (κ2) is 5.39. The smallest absolute Gasteiger partial charge is 0.270 e. The molecule has 0 bridgehead atoms. The Hall–Kier alpha value is -2.24. The largest absolute Gasteiger partial charge is 0.350 e. The van der Waals surface area contributed by atoms with Gasteiger partial charge in [-0.2, -0.15) is 9.49 Å². The number of rotatable bonds is 4. The Bertz CT molecular complexity index is 553. The van der Waals surface area contributed by atoms with E-state index in [0.717, 1.165) is 5.69 Å². The molecule has 94 valence electrons. The summed E-state index contributed by atoms with van der Waals surface area (Å²) in [6, 6.07) is 6.01. The molecule has 0 aliphatic rings. The average Bonchev–Trinajstić information content (AvgIpc) is 2.75. The van der Waals surface area contributed by atoms with Crippen molar-refractivity contribution < 1.29 is 9.18 Å². The molecule has 2 aromatic rings. The summed E-state index contributed by atoms with van der Waals surface area (Å²) < 4.78 is 14.6. The normalized spacial score (nSPS) is 10.3. The molecule has 5 nitrogen and oxygen atoms in total. The van der Waals surface area contributed by atoms with Crippen LogP contribution in [0.2, 0.25) is 0 Å². The lowest BCUT2D eigenvalue weighted by atomic mass is 10.3. The molecule has 18 heavy (non-hydrogen) atoms. The van der Waals surface area contributed by atoms with Gasteiger partial charge in [0.1, 0.15) is 5.69 Å². The summed E-state index contributed by atoms with van der Waals surface area (Å²) in [5, 5.41) is 6.71. The highest BCUT2D eigenvalue weighted by Crippen LogP contribution is 1.99. The van der Waals surface area contributed by atoms with E-state index in [9.17, 15) is 9.18 Å². The molecule has 1 amide bonds. The Morgan fingerprint density at radius 3 is 2.94 bits per heavy atom. The van der Waals surface area contributed by atoms with E-state index < -0.39 is 5.95 Å². The van der Waals surface area contributed by atoms with Crippen LogP contribution in [0, 0.1) is 5.95 Å². The molecule has 0 atom stereocenters. The Labute approximate surface area is 104 Å². The lowest BCUT2D eigenvalue weighted by Crippen LogP contribution is -2.27. The molecule has 1 N–H and O–H groups in total. The van der Waals surface area contributed by atoms with Crippen molar-refractivity contribution in [2.45, 2.75) is 6.42 Å². The molecule has 0 aromatic carbocycles. The molecule has 0 radical (unpaired) electrons. The van der Waals surface area contributed by atoms with Crippen LogP contribution in [0.5, 0.6) is 0 Å². The maximum absolute atomic E-state index is 12.8. The van der Waals surface area contributed by atoms with Gasteiger partial charge in [0, 0.05) is 31.9 Å². The van der Waals surface area contributed by atoms with E-state index in [0.29, 0.717) is 13.0 Å². The highest BCUT2D eigenvalue weighted by molar-refractivity contribution is 5.92. The van der Waals surface area contributed by atoms with Gasteiger partial charge in [-0.05, 0) is 18.2 Å². The number of amides is 1. The fourth-order valence-corrected chi connectivity index (χ4v) is 1.58. The van der Waals surface area contributed by atoms with Crippen molar-refractivity contribution in [1.82, 2.24) is 20.1 Å².